The molecule has 0 fully saturated rings. The number of hydrogen-bond acceptors (Lipinski definition) is 4. The fourth-order valence-electron chi connectivity index (χ4n) is 2.99. The van der Waals surface area contributed by atoms with Gasteiger partial charge in [-0.25, -0.2) is 0 Å². The molecule has 1 N–H and O–H groups in total. The first-order chi connectivity index (χ1) is 11.7. The van der Waals surface area contributed by atoms with Crippen LogP contribution in [0.5, 0.6) is 11.5 Å². The molecule has 0 radical (unpaired) electrons. The van der Waals surface area contributed by atoms with Crippen LogP contribution in [0.3, 0.4) is 0 Å². The highest BCUT2D eigenvalue weighted by atomic mass is 16.6. The van der Waals surface area contributed by atoms with E-state index in [9.17, 15) is 4.79 Å². The van der Waals surface area contributed by atoms with E-state index in [0.29, 0.717) is 19.0 Å². The fraction of sp³-hybridized carbons (Fsp3) is 0.211. The summed E-state index contributed by atoms with van der Waals surface area (Å²) < 4.78 is 13.0. The number of para-hydroxylation sites is 1. The molecule has 2 heterocycles. The number of ketones is 1. The zero-order chi connectivity index (χ0) is 16.5. The van der Waals surface area contributed by atoms with E-state index in [0.717, 1.165) is 27.9 Å². The van der Waals surface area contributed by atoms with Crippen LogP contribution in [0.15, 0.2) is 48.7 Å². The molecule has 24 heavy (non-hydrogen) atoms. The molecule has 122 valence electrons. The van der Waals surface area contributed by atoms with Crippen LogP contribution in [0.1, 0.15) is 10.4 Å². The Bertz CT molecular complexity index is 914. The molecule has 0 aliphatic carbocycles. The second-order valence-corrected chi connectivity index (χ2v) is 5.81. The van der Waals surface area contributed by atoms with Gasteiger partial charge in [0, 0.05) is 41.5 Å². The lowest BCUT2D eigenvalue weighted by Gasteiger charge is -2.19. The third-order valence-electron chi connectivity index (χ3n) is 4.19. The van der Waals surface area contributed by atoms with E-state index in [1.807, 2.05) is 60.3 Å². The van der Waals surface area contributed by atoms with Crippen LogP contribution in [-0.2, 0) is 7.05 Å². The van der Waals surface area contributed by atoms with E-state index in [2.05, 4.69) is 5.32 Å². The fourth-order valence-corrected chi connectivity index (χ4v) is 2.99. The first kappa shape index (κ1) is 14.6. The summed E-state index contributed by atoms with van der Waals surface area (Å²) in [5, 5.41) is 4.15. The Morgan fingerprint density at radius 2 is 1.92 bits per heavy atom. The average molecular weight is 322 g/mol. The summed E-state index contributed by atoms with van der Waals surface area (Å²) in [6.45, 7) is 1.35. The number of benzene rings is 2. The van der Waals surface area contributed by atoms with E-state index in [1.165, 1.54) is 0 Å². The van der Waals surface area contributed by atoms with Gasteiger partial charge in [0.2, 0.25) is 0 Å². The quantitative estimate of drug-likeness (QED) is 0.749. The van der Waals surface area contributed by atoms with Gasteiger partial charge in [0.15, 0.2) is 17.3 Å². The first-order valence-electron chi connectivity index (χ1n) is 7.93. The number of carbonyl (C=O) groups excluding carboxylic acids is 1. The van der Waals surface area contributed by atoms with Crippen LogP contribution < -0.4 is 14.8 Å². The normalized spacial score (nSPS) is 13.0. The summed E-state index contributed by atoms with van der Waals surface area (Å²) in [4.78, 5) is 12.6. The van der Waals surface area contributed by atoms with Crippen LogP contribution in [0.25, 0.3) is 10.9 Å². The highest BCUT2D eigenvalue weighted by Gasteiger charge is 2.15. The molecule has 0 spiro atoms. The van der Waals surface area contributed by atoms with Crippen LogP contribution in [0, 0.1) is 0 Å². The van der Waals surface area contributed by atoms with E-state index in [-0.39, 0.29) is 12.3 Å². The van der Waals surface area contributed by atoms with Crippen molar-refractivity contribution in [3.05, 3.63) is 54.2 Å². The van der Waals surface area contributed by atoms with E-state index >= 15 is 0 Å². The average Bonchev–Trinajstić information content (AvgIpc) is 2.97. The molecule has 0 amide bonds. The third kappa shape index (κ3) is 2.58. The molecule has 1 aliphatic heterocycles. The summed E-state index contributed by atoms with van der Waals surface area (Å²) in [7, 11) is 1.95. The molecule has 5 heteroatoms. The topological polar surface area (TPSA) is 52.5 Å². The largest absolute Gasteiger partial charge is 0.486 e. The van der Waals surface area contributed by atoms with Crippen molar-refractivity contribution < 1.29 is 14.3 Å². The molecule has 4 rings (SSSR count). The minimum Gasteiger partial charge on any atom is -0.486 e. The molecule has 3 aromatic rings. The van der Waals surface area contributed by atoms with Crippen molar-refractivity contribution in [1.82, 2.24) is 4.57 Å². The summed E-state index contributed by atoms with van der Waals surface area (Å²) in [6, 6.07) is 13.5. The van der Waals surface area contributed by atoms with Gasteiger partial charge in [0.25, 0.3) is 0 Å². The smallest absolute Gasteiger partial charge is 0.184 e. The number of nitrogens with one attached hydrogen (secondary N) is 1. The Morgan fingerprint density at radius 1 is 1.12 bits per heavy atom. The first-order valence-corrected chi connectivity index (χ1v) is 7.93. The Morgan fingerprint density at radius 3 is 2.79 bits per heavy atom. The van der Waals surface area contributed by atoms with Crippen molar-refractivity contribution in [2.45, 2.75) is 0 Å². The number of fused-ring (bicyclic) bond motifs is 2. The van der Waals surface area contributed by atoms with Gasteiger partial charge in [-0.3, -0.25) is 4.79 Å². The van der Waals surface area contributed by atoms with Gasteiger partial charge in [-0.2, -0.15) is 0 Å². The summed E-state index contributed by atoms with van der Waals surface area (Å²) in [5.41, 5.74) is 2.63. The Balaban J connectivity index is 1.52. The van der Waals surface area contributed by atoms with Crippen LogP contribution in [0.2, 0.25) is 0 Å². The maximum Gasteiger partial charge on any atom is 0.184 e. The number of aryl methyl sites for hydroxylation is 1. The molecule has 0 unspecified atom stereocenters. The number of Topliss-reactive ketones (excluding diaryl/α,β-unsaturated/α-hetero) is 1. The maximum absolute atomic E-state index is 12.6. The Hall–Kier alpha value is -2.95. The standard InChI is InChI=1S/C19H18N2O3/c1-21-12-15(14-4-2-3-5-16(14)21)17(22)11-20-13-6-7-18-19(10-13)24-9-8-23-18/h2-7,10,12,20H,8-9,11H2,1H3. The van der Waals surface area contributed by atoms with Crippen LogP contribution >= 0.6 is 0 Å². The lowest BCUT2D eigenvalue weighted by Crippen LogP contribution is -2.16. The second kappa shape index (κ2) is 5.92. The van der Waals surface area contributed by atoms with Gasteiger partial charge in [-0.15, -0.1) is 0 Å². The number of ether oxygens (including phenoxy) is 2. The summed E-state index contributed by atoms with van der Waals surface area (Å²) in [6.07, 6.45) is 1.89. The summed E-state index contributed by atoms with van der Waals surface area (Å²) >= 11 is 0. The Kier molecular flexibility index (Phi) is 3.61. The number of nitrogens with zero attached hydrogens (tertiary/aromatic N) is 1. The highest BCUT2D eigenvalue weighted by Crippen LogP contribution is 2.32. The second-order valence-electron chi connectivity index (χ2n) is 5.81. The number of carbonyl (C=O) groups is 1. The summed E-state index contributed by atoms with van der Waals surface area (Å²) in [5.74, 6) is 1.51. The van der Waals surface area contributed by atoms with Gasteiger partial charge >= 0.3 is 0 Å². The van der Waals surface area contributed by atoms with Crippen molar-refractivity contribution in [2.75, 3.05) is 25.1 Å². The van der Waals surface area contributed by atoms with Gasteiger partial charge in [0.05, 0.1) is 6.54 Å². The molecule has 0 saturated carbocycles. The molecule has 1 aromatic heterocycles. The van der Waals surface area contributed by atoms with Crippen molar-refractivity contribution in [3.8, 4) is 11.5 Å². The molecule has 5 nitrogen and oxygen atoms in total. The molecule has 2 aromatic carbocycles. The minimum absolute atomic E-state index is 0.0571. The Labute approximate surface area is 139 Å². The van der Waals surface area contributed by atoms with E-state index in [1.54, 1.807) is 0 Å². The molecule has 0 bridgehead atoms. The van der Waals surface area contributed by atoms with Crippen molar-refractivity contribution >= 4 is 22.4 Å². The minimum atomic E-state index is 0.0571. The zero-order valence-electron chi connectivity index (χ0n) is 13.4. The molecular weight excluding hydrogens is 304 g/mol. The van der Waals surface area contributed by atoms with Crippen LogP contribution in [0.4, 0.5) is 5.69 Å². The maximum atomic E-state index is 12.6. The monoisotopic (exact) mass is 322 g/mol. The molecule has 0 atom stereocenters. The number of aromatic nitrogens is 1. The molecular formula is C19H18N2O3. The van der Waals surface area contributed by atoms with Crippen molar-refractivity contribution in [1.29, 1.82) is 0 Å². The van der Waals surface area contributed by atoms with Crippen molar-refractivity contribution in [2.24, 2.45) is 7.05 Å². The van der Waals surface area contributed by atoms with E-state index < -0.39 is 0 Å². The third-order valence-corrected chi connectivity index (χ3v) is 4.19. The van der Waals surface area contributed by atoms with Gasteiger partial charge in [-0.1, -0.05) is 18.2 Å². The molecule has 1 aliphatic rings. The van der Waals surface area contributed by atoms with Gasteiger partial charge < -0.3 is 19.4 Å². The zero-order valence-corrected chi connectivity index (χ0v) is 13.4. The predicted octanol–water partition coefficient (Wildman–Crippen LogP) is 3.24. The van der Waals surface area contributed by atoms with Crippen LogP contribution in [-0.4, -0.2) is 30.1 Å². The van der Waals surface area contributed by atoms with Gasteiger partial charge in [-0.05, 0) is 18.2 Å². The lowest BCUT2D eigenvalue weighted by molar-refractivity contribution is 0.101. The lowest BCUT2D eigenvalue weighted by atomic mass is 10.1. The number of anilines is 1. The number of rotatable bonds is 4. The number of hydrogen-bond donors (Lipinski definition) is 1. The van der Waals surface area contributed by atoms with Crippen molar-refractivity contribution in [3.63, 3.8) is 0 Å². The highest BCUT2D eigenvalue weighted by molar-refractivity contribution is 6.09. The van der Waals surface area contributed by atoms with Gasteiger partial charge in [0.1, 0.15) is 13.2 Å². The SMILES string of the molecule is Cn1cc(C(=O)CNc2ccc3c(c2)OCCO3)c2ccccc21. The van der Waals surface area contributed by atoms with E-state index in [4.69, 9.17) is 9.47 Å². The molecule has 0 saturated heterocycles. The predicted molar refractivity (Wildman–Crippen MR) is 93.2 cm³/mol.